The molecule has 0 spiro atoms. The maximum Gasteiger partial charge on any atom is 0.249 e. The van der Waals surface area contributed by atoms with E-state index in [4.69, 9.17) is 9.47 Å². The highest BCUT2D eigenvalue weighted by atomic mass is 19.1. The number of rotatable bonds is 5. The quantitative estimate of drug-likeness (QED) is 0.809. The minimum absolute atomic E-state index is 0.102. The van der Waals surface area contributed by atoms with Crippen molar-refractivity contribution in [2.75, 3.05) is 19.8 Å². The van der Waals surface area contributed by atoms with Gasteiger partial charge < -0.3 is 14.8 Å². The number of benzene rings is 1. The summed E-state index contributed by atoms with van der Waals surface area (Å²) in [5, 5.41) is 2.73. The molecule has 0 saturated carbocycles. The zero-order valence-electron chi connectivity index (χ0n) is 10.0. The Morgan fingerprint density at radius 1 is 1.56 bits per heavy atom. The number of amides is 1. The van der Waals surface area contributed by atoms with Crippen molar-refractivity contribution in [3.8, 4) is 5.75 Å². The maximum absolute atomic E-state index is 12.8. The van der Waals surface area contributed by atoms with E-state index in [-0.39, 0.29) is 17.8 Å². The first-order chi connectivity index (χ1) is 8.75. The standard InChI is InChI=1S/C13H16FNO3/c14-10-3-1-4-11(9-10)17-8-6-15-13(16)12-5-2-7-18-12/h1,3-4,9,12H,2,5-8H2,(H,15,16)/t12-/m1/s1. The van der Waals surface area contributed by atoms with E-state index in [2.05, 4.69) is 5.32 Å². The largest absolute Gasteiger partial charge is 0.492 e. The van der Waals surface area contributed by atoms with Gasteiger partial charge in [0.25, 0.3) is 0 Å². The zero-order valence-corrected chi connectivity index (χ0v) is 10.0. The first-order valence-electron chi connectivity index (χ1n) is 6.03. The van der Waals surface area contributed by atoms with E-state index >= 15 is 0 Å². The topological polar surface area (TPSA) is 47.6 Å². The van der Waals surface area contributed by atoms with Gasteiger partial charge in [0.1, 0.15) is 24.3 Å². The predicted octanol–water partition coefficient (Wildman–Crippen LogP) is 1.50. The molecule has 0 unspecified atom stereocenters. The maximum atomic E-state index is 12.8. The van der Waals surface area contributed by atoms with Crippen LogP contribution >= 0.6 is 0 Å². The second kappa shape index (κ2) is 6.35. The summed E-state index contributed by atoms with van der Waals surface area (Å²) in [7, 11) is 0. The van der Waals surface area contributed by atoms with E-state index in [0.717, 1.165) is 12.8 Å². The Balaban J connectivity index is 1.65. The summed E-state index contributed by atoms with van der Waals surface area (Å²) < 4.78 is 23.4. The van der Waals surface area contributed by atoms with Gasteiger partial charge in [-0.3, -0.25) is 4.79 Å². The molecule has 18 heavy (non-hydrogen) atoms. The number of halogens is 1. The van der Waals surface area contributed by atoms with Crippen LogP contribution in [0.25, 0.3) is 0 Å². The molecule has 2 rings (SSSR count). The van der Waals surface area contributed by atoms with E-state index in [9.17, 15) is 9.18 Å². The normalized spacial score (nSPS) is 18.6. The van der Waals surface area contributed by atoms with E-state index < -0.39 is 0 Å². The summed E-state index contributed by atoms with van der Waals surface area (Å²) in [4.78, 5) is 11.6. The summed E-state index contributed by atoms with van der Waals surface area (Å²) in [5.41, 5.74) is 0. The fourth-order valence-corrected chi connectivity index (χ4v) is 1.80. The second-order valence-electron chi connectivity index (χ2n) is 4.10. The summed E-state index contributed by atoms with van der Waals surface area (Å²) >= 11 is 0. The fraction of sp³-hybridized carbons (Fsp3) is 0.462. The lowest BCUT2D eigenvalue weighted by Crippen LogP contribution is -2.36. The molecule has 5 heteroatoms. The van der Waals surface area contributed by atoms with Crippen LogP contribution in [0.3, 0.4) is 0 Å². The van der Waals surface area contributed by atoms with Crippen LogP contribution < -0.4 is 10.1 Å². The van der Waals surface area contributed by atoms with Crippen molar-refractivity contribution in [2.24, 2.45) is 0 Å². The monoisotopic (exact) mass is 253 g/mol. The van der Waals surface area contributed by atoms with Crippen LogP contribution in [0, 0.1) is 5.82 Å². The first kappa shape index (κ1) is 12.8. The third-order valence-corrected chi connectivity index (χ3v) is 2.69. The van der Waals surface area contributed by atoms with Crippen molar-refractivity contribution in [3.05, 3.63) is 30.1 Å². The zero-order chi connectivity index (χ0) is 12.8. The Kier molecular flexibility index (Phi) is 4.52. The molecular weight excluding hydrogens is 237 g/mol. The van der Waals surface area contributed by atoms with Crippen molar-refractivity contribution >= 4 is 5.91 Å². The third kappa shape index (κ3) is 3.70. The van der Waals surface area contributed by atoms with Gasteiger partial charge in [0.05, 0.1) is 6.54 Å². The highest BCUT2D eigenvalue weighted by Gasteiger charge is 2.22. The molecule has 1 saturated heterocycles. The van der Waals surface area contributed by atoms with Crippen molar-refractivity contribution < 1.29 is 18.7 Å². The molecule has 0 radical (unpaired) electrons. The number of hydrogen-bond acceptors (Lipinski definition) is 3. The van der Waals surface area contributed by atoms with Gasteiger partial charge in [0.15, 0.2) is 0 Å². The molecule has 1 amide bonds. The summed E-state index contributed by atoms with van der Waals surface area (Å²) in [6.45, 7) is 1.34. The van der Waals surface area contributed by atoms with Crippen LogP contribution in [-0.4, -0.2) is 31.8 Å². The van der Waals surface area contributed by atoms with E-state index in [1.807, 2.05) is 0 Å². The number of carbonyl (C=O) groups is 1. The van der Waals surface area contributed by atoms with Crippen LogP contribution in [0.5, 0.6) is 5.75 Å². The Morgan fingerprint density at radius 2 is 2.44 bits per heavy atom. The smallest absolute Gasteiger partial charge is 0.249 e. The summed E-state index contributed by atoms with van der Waals surface area (Å²) in [5.74, 6) is 0.0209. The van der Waals surface area contributed by atoms with Crippen LogP contribution in [0.4, 0.5) is 4.39 Å². The molecule has 1 aliphatic heterocycles. The van der Waals surface area contributed by atoms with Crippen molar-refractivity contribution in [1.82, 2.24) is 5.32 Å². The molecule has 1 aliphatic rings. The van der Waals surface area contributed by atoms with E-state index in [0.29, 0.717) is 25.5 Å². The molecule has 1 atom stereocenters. The number of ether oxygens (including phenoxy) is 2. The van der Waals surface area contributed by atoms with Gasteiger partial charge in [-0.2, -0.15) is 0 Å². The Morgan fingerprint density at radius 3 is 3.17 bits per heavy atom. The Bertz CT molecular complexity index is 405. The molecule has 0 aliphatic carbocycles. The number of nitrogens with one attached hydrogen (secondary N) is 1. The lowest BCUT2D eigenvalue weighted by molar-refractivity contribution is -0.130. The van der Waals surface area contributed by atoms with Gasteiger partial charge in [0.2, 0.25) is 5.91 Å². The molecule has 1 heterocycles. The molecule has 1 aromatic rings. The molecule has 0 aromatic heterocycles. The van der Waals surface area contributed by atoms with Gasteiger partial charge in [0, 0.05) is 12.7 Å². The van der Waals surface area contributed by atoms with Gasteiger partial charge in [-0.25, -0.2) is 4.39 Å². The summed E-state index contributed by atoms with van der Waals surface area (Å²) in [6.07, 6.45) is 1.38. The van der Waals surface area contributed by atoms with Crippen molar-refractivity contribution in [1.29, 1.82) is 0 Å². The van der Waals surface area contributed by atoms with Crippen LogP contribution in [0.2, 0.25) is 0 Å². The Hall–Kier alpha value is -1.62. The molecule has 0 bridgehead atoms. The minimum Gasteiger partial charge on any atom is -0.492 e. The molecule has 4 nitrogen and oxygen atoms in total. The molecule has 1 N–H and O–H groups in total. The molecule has 1 aromatic carbocycles. The molecule has 98 valence electrons. The lowest BCUT2D eigenvalue weighted by atomic mass is 10.2. The minimum atomic E-state index is -0.337. The average Bonchev–Trinajstić information content (AvgIpc) is 2.88. The van der Waals surface area contributed by atoms with Crippen molar-refractivity contribution in [3.63, 3.8) is 0 Å². The van der Waals surface area contributed by atoms with Gasteiger partial charge >= 0.3 is 0 Å². The van der Waals surface area contributed by atoms with Gasteiger partial charge in [-0.05, 0) is 25.0 Å². The van der Waals surface area contributed by atoms with Gasteiger partial charge in [-0.1, -0.05) is 6.07 Å². The van der Waals surface area contributed by atoms with E-state index in [1.54, 1.807) is 12.1 Å². The molecular formula is C13H16FNO3. The average molecular weight is 253 g/mol. The number of hydrogen-bond donors (Lipinski definition) is 1. The number of carbonyl (C=O) groups excluding carboxylic acids is 1. The first-order valence-corrected chi connectivity index (χ1v) is 6.03. The highest BCUT2D eigenvalue weighted by Crippen LogP contribution is 2.12. The Labute approximate surface area is 105 Å². The van der Waals surface area contributed by atoms with Crippen LogP contribution in [0.1, 0.15) is 12.8 Å². The highest BCUT2D eigenvalue weighted by molar-refractivity contribution is 5.80. The summed E-state index contributed by atoms with van der Waals surface area (Å²) in [6, 6.07) is 5.91. The second-order valence-corrected chi connectivity index (χ2v) is 4.10. The fourth-order valence-electron chi connectivity index (χ4n) is 1.80. The van der Waals surface area contributed by atoms with Crippen molar-refractivity contribution in [2.45, 2.75) is 18.9 Å². The molecule has 1 fully saturated rings. The third-order valence-electron chi connectivity index (χ3n) is 2.69. The van der Waals surface area contributed by atoms with Crippen LogP contribution in [0.15, 0.2) is 24.3 Å². The van der Waals surface area contributed by atoms with Crippen LogP contribution in [-0.2, 0) is 9.53 Å². The van der Waals surface area contributed by atoms with Gasteiger partial charge in [-0.15, -0.1) is 0 Å². The lowest BCUT2D eigenvalue weighted by Gasteiger charge is -2.11. The predicted molar refractivity (Wildman–Crippen MR) is 63.9 cm³/mol. The van der Waals surface area contributed by atoms with E-state index in [1.165, 1.54) is 12.1 Å². The SMILES string of the molecule is O=C(NCCOc1cccc(F)c1)[C@H]1CCCO1.